The van der Waals surface area contributed by atoms with Crippen LogP contribution in [-0.2, 0) is 33.4 Å². The van der Waals surface area contributed by atoms with Gasteiger partial charge in [0.2, 0.25) is 0 Å². The summed E-state index contributed by atoms with van der Waals surface area (Å²) < 4.78 is 17.8. The van der Waals surface area contributed by atoms with E-state index in [4.69, 9.17) is 14.2 Å². The van der Waals surface area contributed by atoms with Gasteiger partial charge in [0.15, 0.2) is 0 Å². The first kappa shape index (κ1) is 28.9. The number of hydrogen-bond acceptors (Lipinski definition) is 8. The van der Waals surface area contributed by atoms with Crippen molar-refractivity contribution >= 4 is 23.9 Å². The lowest BCUT2D eigenvalue weighted by molar-refractivity contribution is -0.306. The van der Waals surface area contributed by atoms with Gasteiger partial charge in [-0.2, -0.15) is 0 Å². The molecule has 0 aromatic carbocycles. The van der Waals surface area contributed by atoms with Gasteiger partial charge < -0.3 is 24.1 Å². The van der Waals surface area contributed by atoms with Crippen LogP contribution in [0.25, 0.3) is 0 Å². The highest BCUT2D eigenvalue weighted by Gasteiger charge is 2.67. The molecule has 4 saturated carbocycles. The zero-order chi connectivity index (χ0) is 28.0. The first-order chi connectivity index (χ1) is 17.8. The maximum atomic E-state index is 12.4. The smallest absolute Gasteiger partial charge is 0.302 e. The molecule has 214 valence electrons. The monoisotopic (exact) mass is 533 g/mol. The second-order valence-electron chi connectivity index (χ2n) is 13.2. The molecule has 3 unspecified atom stereocenters. The van der Waals surface area contributed by atoms with Crippen LogP contribution in [0.1, 0.15) is 99.3 Å². The van der Waals surface area contributed by atoms with Gasteiger partial charge in [0.1, 0.15) is 18.3 Å². The lowest BCUT2D eigenvalue weighted by atomic mass is 9.43. The Balaban J connectivity index is 1.71. The molecule has 0 aromatic heterocycles. The average Bonchev–Trinajstić information content (AvgIpc) is 3.16. The molecule has 11 atom stereocenters. The summed E-state index contributed by atoms with van der Waals surface area (Å²) in [4.78, 5) is 47.6. The molecular weight excluding hydrogens is 488 g/mol. The summed E-state index contributed by atoms with van der Waals surface area (Å²) in [5.41, 5.74) is -0.384. The fourth-order valence-electron chi connectivity index (χ4n) is 9.66. The standard InChI is InChI=1S/C30H46O8/c1-16(7-10-27(34)35)22-8-9-23-28-24(15-26(30(22,23)6)38-19(4)33)29(5)12-11-21(36-17(2)31)13-20(29)14-25(28)37-18(3)32/h16,20-26,28H,7-15H2,1-6H3,(H,34,35)/p-1/t16-,20+,21?,22-,23+,24+,25?,26?,28+,29+,30-/m1/s1. The van der Waals surface area contributed by atoms with Gasteiger partial charge in [-0.1, -0.05) is 20.8 Å². The highest BCUT2D eigenvalue weighted by atomic mass is 16.6. The molecule has 0 aromatic rings. The van der Waals surface area contributed by atoms with Gasteiger partial charge in [0.25, 0.3) is 0 Å². The summed E-state index contributed by atoms with van der Waals surface area (Å²) in [6.07, 6.45) is 5.65. The number of aliphatic carboxylic acids is 1. The van der Waals surface area contributed by atoms with Crippen LogP contribution in [0.5, 0.6) is 0 Å². The first-order valence-corrected chi connectivity index (χ1v) is 14.5. The van der Waals surface area contributed by atoms with E-state index in [0.29, 0.717) is 12.8 Å². The molecule has 0 radical (unpaired) electrons. The molecule has 0 amide bonds. The molecule has 38 heavy (non-hydrogen) atoms. The molecule has 0 bridgehead atoms. The summed E-state index contributed by atoms with van der Waals surface area (Å²) in [5, 5.41) is 11.2. The third kappa shape index (κ3) is 5.21. The summed E-state index contributed by atoms with van der Waals surface area (Å²) in [5.74, 6) is -0.805. The molecule has 8 nitrogen and oxygen atoms in total. The number of carbonyl (C=O) groups is 4. The summed E-state index contributed by atoms with van der Waals surface area (Å²) >= 11 is 0. The zero-order valence-corrected chi connectivity index (χ0v) is 23.8. The molecular formula is C30H45O8-. The Morgan fingerprint density at radius 2 is 1.53 bits per heavy atom. The van der Waals surface area contributed by atoms with E-state index in [1.807, 2.05) is 0 Å². The number of rotatable bonds is 7. The van der Waals surface area contributed by atoms with E-state index in [0.717, 1.165) is 38.5 Å². The molecule has 0 saturated heterocycles. The predicted molar refractivity (Wildman–Crippen MR) is 136 cm³/mol. The Hall–Kier alpha value is -2.12. The molecule has 0 heterocycles. The number of hydrogen-bond donors (Lipinski definition) is 0. The fraction of sp³-hybridized carbons (Fsp3) is 0.867. The van der Waals surface area contributed by atoms with Crippen molar-refractivity contribution in [1.82, 2.24) is 0 Å². The van der Waals surface area contributed by atoms with Gasteiger partial charge >= 0.3 is 17.9 Å². The highest BCUT2D eigenvalue weighted by molar-refractivity contribution is 5.67. The Kier molecular flexibility index (Phi) is 8.21. The van der Waals surface area contributed by atoms with Crippen LogP contribution in [0, 0.1) is 46.3 Å². The lowest BCUT2D eigenvalue weighted by Crippen LogP contribution is -2.63. The van der Waals surface area contributed by atoms with Crippen LogP contribution in [0.2, 0.25) is 0 Å². The van der Waals surface area contributed by atoms with Gasteiger partial charge in [-0.3, -0.25) is 14.4 Å². The predicted octanol–water partition coefficient (Wildman–Crippen LogP) is 3.83. The van der Waals surface area contributed by atoms with Crippen LogP contribution in [0.3, 0.4) is 0 Å². The van der Waals surface area contributed by atoms with Crippen molar-refractivity contribution < 1.29 is 38.5 Å². The van der Waals surface area contributed by atoms with Crippen LogP contribution in [0.15, 0.2) is 0 Å². The van der Waals surface area contributed by atoms with Gasteiger partial charge in [-0.05, 0) is 92.8 Å². The molecule has 0 aliphatic heterocycles. The van der Waals surface area contributed by atoms with Crippen molar-refractivity contribution in [2.75, 3.05) is 0 Å². The Morgan fingerprint density at radius 1 is 0.868 bits per heavy atom. The van der Waals surface area contributed by atoms with Crippen molar-refractivity contribution in [3.8, 4) is 0 Å². The summed E-state index contributed by atoms with van der Waals surface area (Å²) in [6.45, 7) is 11.1. The first-order valence-electron chi connectivity index (χ1n) is 14.5. The molecule has 4 aliphatic carbocycles. The van der Waals surface area contributed by atoms with E-state index >= 15 is 0 Å². The van der Waals surface area contributed by atoms with Crippen molar-refractivity contribution in [2.24, 2.45) is 46.3 Å². The lowest BCUT2D eigenvalue weighted by Gasteiger charge is -2.64. The number of carboxylic acid groups (broad SMARTS) is 1. The number of carbonyl (C=O) groups excluding carboxylic acids is 4. The molecule has 4 aliphatic rings. The van der Waals surface area contributed by atoms with E-state index in [9.17, 15) is 24.3 Å². The summed E-state index contributed by atoms with van der Waals surface area (Å²) in [6, 6.07) is 0. The van der Waals surface area contributed by atoms with E-state index in [2.05, 4.69) is 20.8 Å². The number of carboxylic acids is 1. The second kappa shape index (κ2) is 10.8. The number of ether oxygens (including phenoxy) is 3. The van der Waals surface area contributed by atoms with Gasteiger partial charge in [0.05, 0.1) is 0 Å². The molecule has 0 N–H and O–H groups in total. The van der Waals surface area contributed by atoms with Crippen LogP contribution >= 0.6 is 0 Å². The minimum atomic E-state index is -1.04. The van der Waals surface area contributed by atoms with Crippen LogP contribution in [-0.4, -0.2) is 42.2 Å². The highest BCUT2D eigenvalue weighted by Crippen LogP contribution is 2.69. The van der Waals surface area contributed by atoms with E-state index in [-0.39, 0.29) is 89.0 Å². The molecule has 4 rings (SSSR count). The zero-order valence-electron chi connectivity index (χ0n) is 23.8. The normalized spacial score (nSPS) is 42.6. The van der Waals surface area contributed by atoms with Crippen molar-refractivity contribution in [1.29, 1.82) is 0 Å². The Labute approximate surface area is 226 Å². The summed E-state index contributed by atoms with van der Waals surface area (Å²) in [7, 11) is 0. The maximum Gasteiger partial charge on any atom is 0.302 e. The van der Waals surface area contributed by atoms with Crippen molar-refractivity contribution in [3.63, 3.8) is 0 Å². The largest absolute Gasteiger partial charge is 0.550 e. The average molecular weight is 534 g/mol. The van der Waals surface area contributed by atoms with Crippen LogP contribution < -0.4 is 5.11 Å². The van der Waals surface area contributed by atoms with E-state index in [1.165, 1.54) is 20.8 Å². The maximum absolute atomic E-state index is 12.4. The number of fused-ring (bicyclic) bond motifs is 5. The van der Waals surface area contributed by atoms with E-state index in [1.54, 1.807) is 0 Å². The van der Waals surface area contributed by atoms with Gasteiger partial charge in [-0.25, -0.2) is 0 Å². The molecule has 8 heteroatoms. The minimum Gasteiger partial charge on any atom is -0.550 e. The van der Waals surface area contributed by atoms with Gasteiger partial charge in [-0.15, -0.1) is 0 Å². The van der Waals surface area contributed by atoms with Crippen LogP contribution in [0.4, 0.5) is 0 Å². The Bertz CT molecular complexity index is 947. The second-order valence-corrected chi connectivity index (χ2v) is 13.2. The third-order valence-electron chi connectivity index (χ3n) is 11.2. The minimum absolute atomic E-state index is 0.0159. The van der Waals surface area contributed by atoms with E-state index < -0.39 is 5.97 Å². The topological polar surface area (TPSA) is 119 Å². The van der Waals surface area contributed by atoms with Crippen molar-refractivity contribution in [2.45, 2.75) is 118 Å². The molecule has 0 spiro atoms. The van der Waals surface area contributed by atoms with Crippen molar-refractivity contribution in [3.05, 3.63) is 0 Å². The third-order valence-corrected chi connectivity index (χ3v) is 11.2. The van der Waals surface area contributed by atoms with Gasteiger partial charge in [0, 0.05) is 38.1 Å². The quantitative estimate of drug-likeness (QED) is 0.358. The fourth-order valence-corrected chi connectivity index (χ4v) is 9.66. The Morgan fingerprint density at radius 3 is 2.13 bits per heavy atom. The SMILES string of the molecule is CC(=O)OC1CC[C@@]2(C)[C@@H](C1)CC(OC(C)=O)[C@@H]1[C@@H]2CC(OC(C)=O)[C@]2(C)[C@@H]([C@H](C)CCC(=O)[O-])CC[C@@H]12. The molecule has 4 fully saturated rings. The number of esters is 3.